The zero-order valence-corrected chi connectivity index (χ0v) is 10.7. The highest BCUT2D eigenvalue weighted by Crippen LogP contribution is 2.32. The molecule has 6 heteroatoms. The Kier molecular flexibility index (Phi) is 7.90. The third-order valence-corrected chi connectivity index (χ3v) is 4.97. The summed E-state index contributed by atoms with van der Waals surface area (Å²) in [5, 5.41) is 9.32. The Balaban J connectivity index is 4.02. The highest BCUT2D eigenvalue weighted by atomic mass is 33.1. The SMILES string of the molecule is C=NCC(C[C@H](N)C(=O)O)SSC(C)C. The Hall–Kier alpha value is -0.200. The highest BCUT2D eigenvalue weighted by Gasteiger charge is 2.19. The second kappa shape index (κ2) is 8.01. The fourth-order valence-corrected chi connectivity index (χ4v) is 3.25. The number of hydrogen-bond donors (Lipinski definition) is 2. The maximum atomic E-state index is 10.6. The molecule has 0 aliphatic heterocycles. The molecule has 0 amide bonds. The minimum absolute atomic E-state index is 0.126. The Morgan fingerprint density at radius 3 is 2.53 bits per heavy atom. The van der Waals surface area contributed by atoms with Gasteiger partial charge >= 0.3 is 5.97 Å². The van der Waals surface area contributed by atoms with E-state index in [1.807, 2.05) is 0 Å². The average molecular weight is 250 g/mol. The van der Waals surface area contributed by atoms with E-state index in [1.165, 1.54) is 0 Å². The van der Waals surface area contributed by atoms with Crippen molar-refractivity contribution in [2.24, 2.45) is 10.7 Å². The van der Waals surface area contributed by atoms with Crippen LogP contribution < -0.4 is 5.73 Å². The molecule has 4 nitrogen and oxygen atoms in total. The summed E-state index contributed by atoms with van der Waals surface area (Å²) < 4.78 is 0. The van der Waals surface area contributed by atoms with Crippen LogP contribution in [0.2, 0.25) is 0 Å². The fraction of sp³-hybridized carbons (Fsp3) is 0.778. The zero-order valence-electron chi connectivity index (χ0n) is 9.05. The number of nitrogens with two attached hydrogens (primary N) is 1. The molecule has 0 aliphatic rings. The molecule has 15 heavy (non-hydrogen) atoms. The van der Waals surface area contributed by atoms with E-state index in [-0.39, 0.29) is 5.25 Å². The van der Waals surface area contributed by atoms with E-state index in [0.717, 1.165) is 0 Å². The number of carbonyl (C=O) groups is 1. The molecule has 0 aromatic rings. The molecule has 2 atom stereocenters. The monoisotopic (exact) mass is 250 g/mol. The lowest BCUT2D eigenvalue weighted by molar-refractivity contribution is -0.138. The van der Waals surface area contributed by atoms with Gasteiger partial charge in [0.2, 0.25) is 0 Å². The van der Waals surface area contributed by atoms with E-state index >= 15 is 0 Å². The first kappa shape index (κ1) is 14.8. The Bertz CT molecular complexity index is 212. The maximum absolute atomic E-state index is 10.6. The summed E-state index contributed by atoms with van der Waals surface area (Å²) in [5.74, 6) is -0.959. The second-order valence-electron chi connectivity index (χ2n) is 3.45. The van der Waals surface area contributed by atoms with Gasteiger partial charge in [0.25, 0.3) is 0 Å². The summed E-state index contributed by atoms with van der Waals surface area (Å²) in [4.78, 5) is 14.4. The van der Waals surface area contributed by atoms with Crippen LogP contribution in [-0.4, -0.2) is 40.9 Å². The van der Waals surface area contributed by atoms with Gasteiger partial charge in [-0.3, -0.25) is 9.79 Å². The topological polar surface area (TPSA) is 75.7 Å². The summed E-state index contributed by atoms with van der Waals surface area (Å²) in [6.07, 6.45) is 0.429. The van der Waals surface area contributed by atoms with Crippen molar-refractivity contribution in [1.29, 1.82) is 0 Å². The normalized spacial score (nSPS) is 14.9. The summed E-state index contributed by atoms with van der Waals surface area (Å²) in [6.45, 7) is 8.15. The highest BCUT2D eigenvalue weighted by molar-refractivity contribution is 8.77. The largest absolute Gasteiger partial charge is 0.480 e. The minimum Gasteiger partial charge on any atom is -0.480 e. The Morgan fingerprint density at radius 2 is 2.13 bits per heavy atom. The smallest absolute Gasteiger partial charge is 0.320 e. The first-order chi connectivity index (χ1) is 6.97. The van der Waals surface area contributed by atoms with Gasteiger partial charge in [-0.1, -0.05) is 35.4 Å². The van der Waals surface area contributed by atoms with Crippen LogP contribution in [0, 0.1) is 0 Å². The van der Waals surface area contributed by atoms with Gasteiger partial charge in [-0.15, -0.1) is 0 Å². The number of nitrogens with zero attached hydrogens (tertiary/aromatic N) is 1. The van der Waals surface area contributed by atoms with Crippen molar-refractivity contribution in [2.45, 2.75) is 36.8 Å². The van der Waals surface area contributed by atoms with Crippen LogP contribution in [-0.2, 0) is 4.79 Å². The molecule has 0 saturated carbocycles. The fourth-order valence-electron chi connectivity index (χ4n) is 0.862. The zero-order chi connectivity index (χ0) is 11.8. The molecule has 0 aromatic carbocycles. The van der Waals surface area contributed by atoms with E-state index in [4.69, 9.17) is 10.8 Å². The van der Waals surface area contributed by atoms with Gasteiger partial charge in [-0.2, -0.15) is 0 Å². The molecular weight excluding hydrogens is 232 g/mol. The lowest BCUT2D eigenvalue weighted by Crippen LogP contribution is -2.33. The van der Waals surface area contributed by atoms with Crippen LogP contribution in [0.1, 0.15) is 20.3 Å². The van der Waals surface area contributed by atoms with Crippen molar-refractivity contribution >= 4 is 34.3 Å². The van der Waals surface area contributed by atoms with Crippen molar-refractivity contribution in [1.82, 2.24) is 0 Å². The van der Waals surface area contributed by atoms with Crippen LogP contribution in [0.5, 0.6) is 0 Å². The average Bonchev–Trinajstić information content (AvgIpc) is 2.14. The molecule has 0 bridgehead atoms. The van der Waals surface area contributed by atoms with Crippen LogP contribution in [0.25, 0.3) is 0 Å². The lowest BCUT2D eigenvalue weighted by Gasteiger charge is -2.16. The number of aliphatic imine (C=N–C) groups is 1. The van der Waals surface area contributed by atoms with Crippen LogP contribution >= 0.6 is 21.6 Å². The quantitative estimate of drug-likeness (QED) is 0.506. The first-order valence-corrected chi connectivity index (χ1v) is 6.98. The van der Waals surface area contributed by atoms with Crippen LogP contribution in [0.4, 0.5) is 0 Å². The number of aliphatic carboxylic acids is 1. The van der Waals surface area contributed by atoms with Crippen molar-refractivity contribution < 1.29 is 9.90 Å². The molecule has 0 spiro atoms. The standard InChI is InChI=1S/C9H18N2O2S2/c1-6(2)14-15-7(5-11-3)4-8(10)9(12)13/h6-8H,3-5,10H2,1-2H3,(H,12,13)/t7?,8-/m0/s1. The molecule has 88 valence electrons. The van der Waals surface area contributed by atoms with Crippen LogP contribution in [0.3, 0.4) is 0 Å². The molecule has 1 unspecified atom stereocenters. The number of rotatable bonds is 8. The maximum Gasteiger partial charge on any atom is 0.320 e. The van der Waals surface area contributed by atoms with Gasteiger partial charge in [0, 0.05) is 10.5 Å². The number of carboxylic acid groups (broad SMARTS) is 1. The molecular formula is C9H18N2O2S2. The first-order valence-electron chi connectivity index (χ1n) is 4.70. The molecule has 0 aliphatic carbocycles. The van der Waals surface area contributed by atoms with Gasteiger partial charge < -0.3 is 10.8 Å². The molecule has 0 fully saturated rings. The second-order valence-corrected chi connectivity index (χ2v) is 6.60. The van der Waals surface area contributed by atoms with E-state index in [2.05, 4.69) is 25.6 Å². The summed E-state index contributed by atoms with van der Waals surface area (Å²) in [7, 11) is 3.35. The minimum atomic E-state index is -0.959. The third-order valence-electron chi connectivity index (χ3n) is 1.55. The van der Waals surface area contributed by atoms with Crippen molar-refractivity contribution in [3.05, 3.63) is 0 Å². The van der Waals surface area contributed by atoms with Crippen molar-refractivity contribution in [3.63, 3.8) is 0 Å². The van der Waals surface area contributed by atoms with Gasteiger partial charge in [0.1, 0.15) is 6.04 Å². The predicted molar refractivity (Wildman–Crippen MR) is 68.8 cm³/mol. The Labute approximate surface area is 98.5 Å². The van der Waals surface area contributed by atoms with E-state index in [9.17, 15) is 4.79 Å². The predicted octanol–water partition coefficient (Wildman–Crippen LogP) is 1.65. The molecule has 0 saturated heterocycles. The lowest BCUT2D eigenvalue weighted by atomic mass is 10.1. The van der Waals surface area contributed by atoms with Crippen LogP contribution in [0.15, 0.2) is 4.99 Å². The van der Waals surface area contributed by atoms with E-state index in [0.29, 0.717) is 18.2 Å². The molecule has 0 aromatic heterocycles. The van der Waals surface area contributed by atoms with E-state index in [1.54, 1.807) is 21.6 Å². The number of hydrogen-bond acceptors (Lipinski definition) is 5. The molecule has 0 rings (SSSR count). The summed E-state index contributed by atoms with van der Waals surface area (Å²) in [6, 6.07) is -0.808. The Morgan fingerprint density at radius 1 is 1.53 bits per heavy atom. The number of carboxylic acids is 1. The molecule has 3 N–H and O–H groups in total. The van der Waals surface area contributed by atoms with Gasteiger partial charge in [0.05, 0.1) is 6.54 Å². The van der Waals surface area contributed by atoms with Gasteiger partial charge in [-0.05, 0) is 13.1 Å². The summed E-state index contributed by atoms with van der Waals surface area (Å²) in [5.41, 5.74) is 5.47. The summed E-state index contributed by atoms with van der Waals surface area (Å²) >= 11 is 0. The van der Waals surface area contributed by atoms with E-state index < -0.39 is 12.0 Å². The molecule has 0 heterocycles. The van der Waals surface area contributed by atoms with Crippen molar-refractivity contribution in [3.8, 4) is 0 Å². The van der Waals surface area contributed by atoms with Gasteiger partial charge in [0.15, 0.2) is 0 Å². The molecule has 0 radical (unpaired) electrons. The third kappa shape index (κ3) is 7.70. The van der Waals surface area contributed by atoms with Crippen molar-refractivity contribution in [2.75, 3.05) is 6.54 Å². The van der Waals surface area contributed by atoms with Gasteiger partial charge in [-0.25, -0.2) is 0 Å².